The summed E-state index contributed by atoms with van der Waals surface area (Å²) in [6, 6.07) is 0. The van der Waals surface area contributed by atoms with Crippen molar-refractivity contribution >= 4 is 0 Å². The summed E-state index contributed by atoms with van der Waals surface area (Å²) in [6.45, 7) is 5.23. The molecule has 0 amide bonds. The predicted octanol–water partition coefficient (Wildman–Crippen LogP) is 0.939. The molecule has 0 fully saturated rings. The first kappa shape index (κ1) is 9.33. The molecule has 0 atom stereocenters. The first-order valence-corrected chi connectivity index (χ1v) is 1.72. The molecule has 0 aromatic carbocycles. The molecule has 0 heterocycles. The lowest BCUT2D eigenvalue weighted by Crippen LogP contribution is -2.10. The molecule has 0 rings (SSSR count). The Morgan fingerprint density at radius 1 is 1.17 bits per heavy atom. The van der Waals surface area contributed by atoms with Gasteiger partial charge in [0, 0.05) is 0 Å². The smallest absolute Gasteiger partial charge is 0.0563 e. The summed E-state index contributed by atoms with van der Waals surface area (Å²) in [5, 5.41) is 8.52. The van der Waals surface area contributed by atoms with Crippen molar-refractivity contribution in [2.24, 2.45) is 0 Å². The van der Waals surface area contributed by atoms with E-state index in [4.69, 9.17) is 5.11 Å². The van der Waals surface area contributed by atoms with Gasteiger partial charge in [0.05, 0.1) is 5.60 Å². The van der Waals surface area contributed by atoms with Crippen LogP contribution in [-0.2, 0) is 0 Å². The first-order chi connectivity index (χ1) is 2.00. The van der Waals surface area contributed by atoms with Gasteiger partial charge in [-0.25, -0.2) is 0 Å². The second kappa shape index (κ2) is 2.16. The molecule has 6 heavy (non-hydrogen) atoms. The van der Waals surface area contributed by atoms with Gasteiger partial charge in [-0.1, -0.05) is 0 Å². The lowest BCUT2D eigenvalue weighted by atomic mass is 10.2. The van der Waals surface area contributed by atoms with Gasteiger partial charge >= 0.3 is 0 Å². The minimum Gasteiger partial charge on any atom is -0.391 e. The second-order valence-corrected chi connectivity index (χ2v) is 2.17. The zero-order chi connectivity index (χ0) is 4.50. The largest absolute Gasteiger partial charge is 0.391 e. The summed E-state index contributed by atoms with van der Waals surface area (Å²) in [6.07, 6.45) is 0. The Morgan fingerprint density at radius 2 is 1.17 bits per heavy atom. The van der Waals surface area contributed by atoms with Gasteiger partial charge in [-0.2, -0.15) is 0 Å². The first-order valence-electron chi connectivity index (χ1n) is 1.72. The normalized spacial score (nSPS) is 10.0. The van der Waals surface area contributed by atoms with Crippen LogP contribution in [0.2, 0.25) is 0 Å². The predicted molar refractivity (Wildman–Crippen MR) is 27.0 cm³/mol. The van der Waals surface area contributed by atoms with E-state index >= 15 is 0 Å². The van der Waals surface area contributed by atoms with Crippen molar-refractivity contribution in [3.8, 4) is 0 Å². The summed E-state index contributed by atoms with van der Waals surface area (Å²) in [5.74, 6) is 0. The highest BCUT2D eigenvalue weighted by molar-refractivity contribution is 4.50. The van der Waals surface area contributed by atoms with Crippen LogP contribution in [0.1, 0.15) is 20.8 Å². The molecular formula is C4H13NO. The standard InChI is InChI=1S/C4H10O.H3N/c1-4(2,3)5;/h5H,1-3H3;1H3. The molecule has 2 heteroatoms. The van der Waals surface area contributed by atoms with E-state index in [1.54, 1.807) is 20.8 Å². The zero-order valence-electron chi connectivity index (χ0n) is 4.65. The molecule has 0 aromatic rings. The molecule has 2 nitrogen and oxygen atoms in total. The highest BCUT2D eigenvalue weighted by Gasteiger charge is 1.97. The lowest BCUT2D eigenvalue weighted by molar-refractivity contribution is 0.102. The van der Waals surface area contributed by atoms with E-state index < -0.39 is 5.60 Å². The third-order valence-electron chi connectivity index (χ3n) is 0. The van der Waals surface area contributed by atoms with Crippen LogP contribution in [0.3, 0.4) is 0 Å². The molecule has 4 N–H and O–H groups in total. The Hall–Kier alpha value is -0.0800. The van der Waals surface area contributed by atoms with E-state index in [2.05, 4.69) is 0 Å². The van der Waals surface area contributed by atoms with Gasteiger partial charge in [0.2, 0.25) is 0 Å². The van der Waals surface area contributed by atoms with E-state index in [9.17, 15) is 0 Å². The van der Waals surface area contributed by atoms with Gasteiger partial charge in [-0.3, -0.25) is 0 Å². The van der Waals surface area contributed by atoms with Crippen LogP contribution in [0.4, 0.5) is 0 Å². The Labute approximate surface area is 38.8 Å². The van der Waals surface area contributed by atoms with Gasteiger partial charge in [0.1, 0.15) is 0 Å². The molecular weight excluding hydrogens is 78.0 g/mol. The van der Waals surface area contributed by atoms with Crippen molar-refractivity contribution in [3.05, 3.63) is 0 Å². The van der Waals surface area contributed by atoms with E-state index in [1.165, 1.54) is 0 Å². The fraction of sp³-hybridized carbons (Fsp3) is 1.00. The second-order valence-electron chi connectivity index (χ2n) is 2.17. The van der Waals surface area contributed by atoms with Crippen LogP contribution in [-0.4, -0.2) is 10.7 Å². The van der Waals surface area contributed by atoms with Gasteiger partial charge in [0.25, 0.3) is 0 Å². The zero-order valence-corrected chi connectivity index (χ0v) is 4.65. The monoisotopic (exact) mass is 91.1 g/mol. The van der Waals surface area contributed by atoms with Crippen LogP contribution < -0.4 is 6.15 Å². The van der Waals surface area contributed by atoms with E-state index in [0.717, 1.165) is 0 Å². The molecule has 40 valence electrons. The van der Waals surface area contributed by atoms with Crippen molar-refractivity contribution in [2.45, 2.75) is 26.4 Å². The van der Waals surface area contributed by atoms with Crippen LogP contribution >= 0.6 is 0 Å². The van der Waals surface area contributed by atoms with Crippen molar-refractivity contribution in [1.29, 1.82) is 0 Å². The summed E-state index contributed by atoms with van der Waals surface area (Å²) in [4.78, 5) is 0. The average Bonchev–Trinajstić information content (AvgIpc) is 0.722. The molecule has 0 aliphatic rings. The maximum absolute atomic E-state index is 8.52. The minimum absolute atomic E-state index is 0. The van der Waals surface area contributed by atoms with Crippen molar-refractivity contribution in [3.63, 3.8) is 0 Å². The average molecular weight is 91.2 g/mol. The van der Waals surface area contributed by atoms with Crippen LogP contribution in [0, 0.1) is 0 Å². The molecule has 0 saturated heterocycles. The van der Waals surface area contributed by atoms with Crippen LogP contribution in [0.5, 0.6) is 0 Å². The van der Waals surface area contributed by atoms with Crippen LogP contribution in [0.15, 0.2) is 0 Å². The van der Waals surface area contributed by atoms with Crippen molar-refractivity contribution < 1.29 is 5.11 Å². The van der Waals surface area contributed by atoms with Gasteiger partial charge in [-0.15, -0.1) is 0 Å². The highest BCUT2D eigenvalue weighted by Crippen LogP contribution is 1.93. The molecule has 0 bridgehead atoms. The topological polar surface area (TPSA) is 55.2 Å². The van der Waals surface area contributed by atoms with Gasteiger partial charge in [-0.05, 0) is 20.8 Å². The maximum Gasteiger partial charge on any atom is 0.0563 e. The quantitative estimate of drug-likeness (QED) is 0.466. The third kappa shape index (κ3) is 5220. The number of hydrogen-bond acceptors (Lipinski definition) is 2. The SMILES string of the molecule is CC(C)(C)O.N. The summed E-state index contributed by atoms with van der Waals surface area (Å²) in [7, 11) is 0. The van der Waals surface area contributed by atoms with Gasteiger partial charge in [0.15, 0.2) is 0 Å². The molecule has 0 aliphatic heterocycles. The molecule has 0 aromatic heterocycles. The number of rotatable bonds is 0. The van der Waals surface area contributed by atoms with Crippen molar-refractivity contribution in [2.75, 3.05) is 0 Å². The van der Waals surface area contributed by atoms with Crippen molar-refractivity contribution in [1.82, 2.24) is 6.15 Å². The molecule has 0 radical (unpaired) electrons. The Bertz CT molecular complexity index is 23.0. The minimum atomic E-state index is -0.500. The number of aliphatic hydroxyl groups is 1. The van der Waals surface area contributed by atoms with E-state index in [1.807, 2.05) is 0 Å². The summed E-state index contributed by atoms with van der Waals surface area (Å²) in [5.41, 5.74) is -0.500. The highest BCUT2D eigenvalue weighted by atomic mass is 16.3. The van der Waals surface area contributed by atoms with E-state index in [0.29, 0.717) is 0 Å². The van der Waals surface area contributed by atoms with E-state index in [-0.39, 0.29) is 6.15 Å². The Morgan fingerprint density at radius 3 is 1.17 bits per heavy atom. The maximum atomic E-state index is 8.52. The molecule has 0 spiro atoms. The Balaban J connectivity index is 0. The summed E-state index contributed by atoms with van der Waals surface area (Å²) < 4.78 is 0. The number of hydrogen-bond donors (Lipinski definition) is 2. The molecule has 0 saturated carbocycles. The third-order valence-corrected chi connectivity index (χ3v) is 0. The lowest BCUT2D eigenvalue weighted by Gasteiger charge is -2.04. The fourth-order valence-electron chi connectivity index (χ4n) is 0. The van der Waals surface area contributed by atoms with Gasteiger partial charge < -0.3 is 11.3 Å². The fourth-order valence-corrected chi connectivity index (χ4v) is 0. The molecule has 0 aliphatic carbocycles. The summed E-state index contributed by atoms with van der Waals surface area (Å²) >= 11 is 0. The Kier molecular flexibility index (Phi) is 3.35. The van der Waals surface area contributed by atoms with Crippen LogP contribution in [0.25, 0.3) is 0 Å². The molecule has 0 unspecified atom stereocenters.